The standard InChI is InChI=1S/C16H18ClN3O/c1-11-8-15(9-12(16(11)21)10-20(2)3)19-18-14-6-4-13(17)5-7-14/h4-9,21H,10H2,1-3H3. The summed E-state index contributed by atoms with van der Waals surface area (Å²) < 4.78 is 0. The quantitative estimate of drug-likeness (QED) is 0.822. The minimum absolute atomic E-state index is 0.314. The van der Waals surface area contributed by atoms with E-state index < -0.39 is 0 Å². The van der Waals surface area contributed by atoms with Gasteiger partial charge < -0.3 is 10.0 Å². The first-order valence-electron chi connectivity index (χ1n) is 6.60. The number of benzene rings is 2. The van der Waals surface area contributed by atoms with E-state index in [1.807, 2.05) is 38.1 Å². The average molecular weight is 304 g/mol. The molecule has 0 saturated heterocycles. The van der Waals surface area contributed by atoms with Crippen molar-refractivity contribution >= 4 is 23.0 Å². The van der Waals surface area contributed by atoms with Crippen LogP contribution in [0.2, 0.25) is 5.02 Å². The molecule has 2 rings (SSSR count). The van der Waals surface area contributed by atoms with Crippen LogP contribution < -0.4 is 0 Å². The van der Waals surface area contributed by atoms with Crippen LogP contribution in [-0.4, -0.2) is 24.1 Å². The van der Waals surface area contributed by atoms with Gasteiger partial charge in [0.15, 0.2) is 0 Å². The Balaban J connectivity index is 2.27. The molecule has 0 heterocycles. The van der Waals surface area contributed by atoms with E-state index in [-0.39, 0.29) is 0 Å². The molecule has 0 fully saturated rings. The Morgan fingerprint density at radius 1 is 1.05 bits per heavy atom. The lowest BCUT2D eigenvalue weighted by Gasteiger charge is -2.13. The molecule has 4 nitrogen and oxygen atoms in total. The zero-order chi connectivity index (χ0) is 15.4. The molecule has 0 bridgehead atoms. The van der Waals surface area contributed by atoms with Crippen LogP contribution in [0.15, 0.2) is 46.6 Å². The molecule has 1 N–H and O–H groups in total. The monoisotopic (exact) mass is 303 g/mol. The van der Waals surface area contributed by atoms with Crippen molar-refractivity contribution in [2.24, 2.45) is 10.2 Å². The Kier molecular flexibility index (Phi) is 4.94. The van der Waals surface area contributed by atoms with Gasteiger partial charge in [-0.25, -0.2) is 0 Å². The highest BCUT2D eigenvalue weighted by Gasteiger charge is 2.08. The molecule has 0 radical (unpaired) electrons. The molecule has 0 atom stereocenters. The molecule has 2 aromatic rings. The van der Waals surface area contributed by atoms with E-state index in [0.717, 1.165) is 22.5 Å². The summed E-state index contributed by atoms with van der Waals surface area (Å²) in [5.74, 6) is 0.314. The van der Waals surface area contributed by atoms with E-state index in [9.17, 15) is 5.11 Å². The predicted molar refractivity (Wildman–Crippen MR) is 85.9 cm³/mol. The van der Waals surface area contributed by atoms with Gasteiger partial charge in [0.2, 0.25) is 0 Å². The van der Waals surface area contributed by atoms with Crippen LogP contribution in [0.25, 0.3) is 0 Å². The maximum Gasteiger partial charge on any atom is 0.123 e. The zero-order valence-corrected chi connectivity index (χ0v) is 13.1. The summed E-state index contributed by atoms with van der Waals surface area (Å²) in [4.78, 5) is 1.99. The lowest BCUT2D eigenvalue weighted by molar-refractivity contribution is 0.385. The number of phenolic OH excluding ortho intramolecular Hbond substituents is 1. The van der Waals surface area contributed by atoms with Crippen LogP contribution in [0.1, 0.15) is 11.1 Å². The number of aromatic hydroxyl groups is 1. The van der Waals surface area contributed by atoms with E-state index in [2.05, 4.69) is 10.2 Å². The number of rotatable bonds is 4. The van der Waals surface area contributed by atoms with E-state index >= 15 is 0 Å². The number of nitrogens with zero attached hydrogens (tertiary/aromatic N) is 3. The molecule has 0 unspecified atom stereocenters. The van der Waals surface area contributed by atoms with Gasteiger partial charge in [-0.15, -0.1) is 0 Å². The molecule has 0 saturated carbocycles. The normalized spacial score (nSPS) is 11.5. The van der Waals surface area contributed by atoms with Crippen LogP contribution in [0.3, 0.4) is 0 Å². The van der Waals surface area contributed by atoms with Gasteiger partial charge in [-0.1, -0.05) is 11.6 Å². The van der Waals surface area contributed by atoms with Gasteiger partial charge >= 0.3 is 0 Å². The summed E-state index contributed by atoms with van der Waals surface area (Å²) in [6.45, 7) is 2.51. The number of hydrogen-bond donors (Lipinski definition) is 1. The van der Waals surface area contributed by atoms with Crippen molar-refractivity contribution in [1.29, 1.82) is 0 Å². The zero-order valence-electron chi connectivity index (χ0n) is 12.3. The third kappa shape index (κ3) is 4.28. The second-order valence-electron chi connectivity index (χ2n) is 5.18. The summed E-state index contributed by atoms with van der Waals surface area (Å²) in [6, 6.07) is 10.8. The molecule has 21 heavy (non-hydrogen) atoms. The number of halogens is 1. The number of phenols is 1. The first kappa shape index (κ1) is 15.5. The second-order valence-corrected chi connectivity index (χ2v) is 5.62. The van der Waals surface area contributed by atoms with Crippen molar-refractivity contribution in [3.63, 3.8) is 0 Å². The summed E-state index contributed by atoms with van der Waals surface area (Å²) >= 11 is 5.83. The summed E-state index contributed by atoms with van der Waals surface area (Å²) in [6.07, 6.45) is 0. The van der Waals surface area contributed by atoms with E-state index in [1.165, 1.54) is 0 Å². The summed E-state index contributed by atoms with van der Waals surface area (Å²) in [5, 5.41) is 19.2. The molecule has 5 heteroatoms. The molecule has 110 valence electrons. The van der Waals surface area contributed by atoms with Crippen LogP contribution in [0.5, 0.6) is 5.75 Å². The summed E-state index contributed by atoms with van der Waals surface area (Å²) in [5.41, 5.74) is 3.08. The van der Waals surface area contributed by atoms with Crippen molar-refractivity contribution in [3.8, 4) is 5.75 Å². The molecule has 0 aliphatic heterocycles. The minimum atomic E-state index is 0.314. The van der Waals surface area contributed by atoms with Crippen molar-refractivity contribution < 1.29 is 5.11 Å². The number of azo groups is 1. The highest BCUT2D eigenvalue weighted by molar-refractivity contribution is 6.30. The van der Waals surface area contributed by atoms with Crippen LogP contribution >= 0.6 is 11.6 Å². The highest BCUT2D eigenvalue weighted by Crippen LogP contribution is 2.30. The fraction of sp³-hybridized carbons (Fsp3) is 0.250. The molecule has 0 aromatic heterocycles. The second kappa shape index (κ2) is 6.70. The lowest BCUT2D eigenvalue weighted by atomic mass is 10.1. The van der Waals surface area contributed by atoms with Crippen molar-refractivity contribution in [2.45, 2.75) is 13.5 Å². The van der Waals surface area contributed by atoms with E-state index in [1.54, 1.807) is 24.3 Å². The van der Waals surface area contributed by atoms with Crippen LogP contribution in [0, 0.1) is 6.92 Å². The lowest BCUT2D eigenvalue weighted by Crippen LogP contribution is -2.10. The van der Waals surface area contributed by atoms with Crippen molar-refractivity contribution in [2.75, 3.05) is 14.1 Å². The maximum atomic E-state index is 10.1. The molecule has 2 aromatic carbocycles. The Morgan fingerprint density at radius 3 is 2.29 bits per heavy atom. The van der Waals surface area contributed by atoms with Gasteiger partial charge in [-0.3, -0.25) is 0 Å². The van der Waals surface area contributed by atoms with E-state index in [0.29, 0.717) is 17.3 Å². The molecule has 0 aliphatic rings. The maximum absolute atomic E-state index is 10.1. The Hall–Kier alpha value is -1.91. The number of aryl methyl sites for hydroxylation is 1. The minimum Gasteiger partial charge on any atom is -0.507 e. The van der Waals surface area contributed by atoms with Gasteiger partial charge in [-0.2, -0.15) is 10.2 Å². The van der Waals surface area contributed by atoms with Crippen LogP contribution in [-0.2, 0) is 6.54 Å². The largest absolute Gasteiger partial charge is 0.507 e. The van der Waals surface area contributed by atoms with Gasteiger partial charge in [0, 0.05) is 17.1 Å². The van der Waals surface area contributed by atoms with Crippen LogP contribution in [0.4, 0.5) is 11.4 Å². The SMILES string of the molecule is Cc1cc(N=Nc2ccc(Cl)cc2)cc(CN(C)C)c1O. The van der Waals surface area contributed by atoms with E-state index in [4.69, 9.17) is 11.6 Å². The first-order valence-corrected chi connectivity index (χ1v) is 6.98. The van der Waals surface area contributed by atoms with Gasteiger partial charge in [0.25, 0.3) is 0 Å². The molecule has 0 aliphatic carbocycles. The van der Waals surface area contributed by atoms with Gasteiger partial charge in [0.1, 0.15) is 5.75 Å². The van der Waals surface area contributed by atoms with Gasteiger partial charge in [-0.05, 0) is 63.0 Å². The Labute approximate surface area is 129 Å². The third-order valence-electron chi connectivity index (χ3n) is 2.96. The average Bonchev–Trinajstić information content (AvgIpc) is 2.43. The third-order valence-corrected chi connectivity index (χ3v) is 3.21. The molecule has 0 amide bonds. The predicted octanol–water partition coefficient (Wildman–Crippen LogP) is 4.83. The molecular weight excluding hydrogens is 286 g/mol. The Bertz CT molecular complexity index is 651. The first-order chi connectivity index (χ1) is 9.95. The molecular formula is C16H18ClN3O. The number of hydrogen-bond acceptors (Lipinski definition) is 4. The van der Waals surface area contributed by atoms with Crippen molar-refractivity contribution in [1.82, 2.24) is 4.90 Å². The topological polar surface area (TPSA) is 48.2 Å². The highest BCUT2D eigenvalue weighted by atomic mass is 35.5. The molecule has 0 spiro atoms. The van der Waals surface area contributed by atoms with Crippen molar-refractivity contribution in [3.05, 3.63) is 52.5 Å². The smallest absolute Gasteiger partial charge is 0.123 e. The summed E-state index contributed by atoms with van der Waals surface area (Å²) in [7, 11) is 3.91. The Morgan fingerprint density at radius 2 is 1.67 bits per heavy atom. The fourth-order valence-corrected chi connectivity index (χ4v) is 2.10. The fourth-order valence-electron chi connectivity index (χ4n) is 1.97. The van der Waals surface area contributed by atoms with Gasteiger partial charge in [0.05, 0.1) is 11.4 Å².